The second-order valence-electron chi connectivity index (χ2n) is 7.27. The largest absolute Gasteiger partial charge is 0.497 e. The van der Waals surface area contributed by atoms with E-state index >= 15 is 0 Å². The Bertz CT molecular complexity index is 878. The second kappa shape index (κ2) is 9.58. The molecular weight excluding hydrogens is 392 g/mol. The topological polar surface area (TPSA) is 80.5 Å². The Hall–Kier alpha value is -2.13. The van der Waals surface area contributed by atoms with E-state index in [1.54, 1.807) is 55.6 Å². The zero-order chi connectivity index (χ0) is 20.9. The molecule has 8 heteroatoms. The number of aliphatic hydroxyl groups excluding tert-OH is 1. The van der Waals surface area contributed by atoms with Crippen LogP contribution in [-0.4, -0.2) is 66.1 Å². The fraction of sp³-hybridized carbons (Fsp3) is 0.429. The first-order chi connectivity index (χ1) is 13.9. The number of nitrogens with zero attached hydrogens (tertiary/aromatic N) is 1. The number of morpholine rings is 1. The maximum atomic E-state index is 13.4. The number of ether oxygens (including phenoxy) is 2. The van der Waals surface area contributed by atoms with Crippen molar-refractivity contribution in [3.8, 4) is 5.75 Å². The molecule has 0 saturated carbocycles. The molecule has 0 radical (unpaired) electrons. The highest BCUT2D eigenvalue weighted by molar-refractivity contribution is 7.92. The molecular formula is C21H29N2O5S+. The van der Waals surface area contributed by atoms with Crippen molar-refractivity contribution >= 4 is 15.7 Å². The number of aryl methyl sites for hydroxylation is 1. The first-order valence-electron chi connectivity index (χ1n) is 9.73. The van der Waals surface area contributed by atoms with Gasteiger partial charge in [0, 0.05) is 0 Å². The summed E-state index contributed by atoms with van der Waals surface area (Å²) in [6, 6.07) is 13.6. The summed E-state index contributed by atoms with van der Waals surface area (Å²) < 4.78 is 38.6. The van der Waals surface area contributed by atoms with E-state index in [1.807, 2.05) is 6.92 Å². The van der Waals surface area contributed by atoms with Crippen LogP contribution in [0.25, 0.3) is 0 Å². The van der Waals surface area contributed by atoms with Crippen LogP contribution in [0.3, 0.4) is 0 Å². The number of sulfonamides is 1. The lowest BCUT2D eigenvalue weighted by molar-refractivity contribution is -0.910. The molecule has 29 heavy (non-hydrogen) atoms. The quantitative estimate of drug-likeness (QED) is 0.648. The van der Waals surface area contributed by atoms with Gasteiger partial charge in [-0.3, -0.25) is 4.31 Å². The van der Waals surface area contributed by atoms with Gasteiger partial charge in [0.2, 0.25) is 0 Å². The molecule has 1 aliphatic rings. The van der Waals surface area contributed by atoms with Crippen molar-refractivity contribution in [3.05, 3.63) is 54.1 Å². The Morgan fingerprint density at radius 1 is 1.10 bits per heavy atom. The van der Waals surface area contributed by atoms with Crippen molar-refractivity contribution in [1.29, 1.82) is 0 Å². The molecule has 2 N–H and O–H groups in total. The minimum atomic E-state index is -3.83. The number of methoxy groups -OCH3 is 1. The van der Waals surface area contributed by atoms with Gasteiger partial charge < -0.3 is 19.5 Å². The average molecular weight is 422 g/mol. The number of hydrogen-bond donors (Lipinski definition) is 2. The lowest BCUT2D eigenvalue weighted by atomic mass is 10.2. The summed E-state index contributed by atoms with van der Waals surface area (Å²) in [6.07, 6.45) is -0.801. The van der Waals surface area contributed by atoms with Gasteiger partial charge in [-0.1, -0.05) is 17.7 Å². The molecule has 0 unspecified atom stereocenters. The average Bonchev–Trinajstić information content (AvgIpc) is 2.73. The van der Waals surface area contributed by atoms with Crippen LogP contribution in [-0.2, 0) is 14.8 Å². The summed E-state index contributed by atoms with van der Waals surface area (Å²) in [5.41, 5.74) is 1.47. The number of aliphatic hydroxyl groups is 1. The molecule has 0 spiro atoms. The maximum absolute atomic E-state index is 13.4. The number of quaternary nitrogens is 1. The summed E-state index contributed by atoms with van der Waals surface area (Å²) >= 11 is 0. The van der Waals surface area contributed by atoms with E-state index in [2.05, 4.69) is 0 Å². The van der Waals surface area contributed by atoms with E-state index in [4.69, 9.17) is 9.47 Å². The molecule has 0 amide bonds. The summed E-state index contributed by atoms with van der Waals surface area (Å²) in [5, 5.41) is 10.7. The van der Waals surface area contributed by atoms with E-state index in [1.165, 1.54) is 9.21 Å². The van der Waals surface area contributed by atoms with E-state index < -0.39 is 16.1 Å². The van der Waals surface area contributed by atoms with Crippen molar-refractivity contribution in [2.75, 3.05) is 50.8 Å². The third kappa shape index (κ3) is 5.48. The molecule has 0 bridgehead atoms. The highest BCUT2D eigenvalue weighted by Crippen LogP contribution is 2.26. The van der Waals surface area contributed by atoms with Crippen molar-refractivity contribution in [2.45, 2.75) is 17.9 Å². The number of benzene rings is 2. The Morgan fingerprint density at radius 2 is 1.72 bits per heavy atom. The molecule has 0 aromatic heterocycles. The van der Waals surface area contributed by atoms with Crippen molar-refractivity contribution in [3.63, 3.8) is 0 Å². The molecule has 158 valence electrons. The van der Waals surface area contributed by atoms with Crippen LogP contribution >= 0.6 is 0 Å². The third-order valence-corrected chi connectivity index (χ3v) is 6.88. The zero-order valence-electron chi connectivity index (χ0n) is 16.9. The van der Waals surface area contributed by atoms with Gasteiger partial charge >= 0.3 is 0 Å². The lowest BCUT2D eigenvalue weighted by Crippen LogP contribution is -3.15. The van der Waals surface area contributed by atoms with Crippen LogP contribution in [0.2, 0.25) is 0 Å². The van der Waals surface area contributed by atoms with Gasteiger partial charge in [0.15, 0.2) is 0 Å². The third-order valence-electron chi connectivity index (χ3n) is 5.07. The Balaban J connectivity index is 1.86. The molecule has 1 fully saturated rings. The summed E-state index contributed by atoms with van der Waals surface area (Å²) in [5.74, 6) is 0.639. The molecule has 2 aromatic rings. The smallest absolute Gasteiger partial charge is 0.264 e. The zero-order valence-corrected chi connectivity index (χ0v) is 17.7. The number of anilines is 1. The van der Waals surface area contributed by atoms with Gasteiger partial charge in [-0.25, -0.2) is 8.42 Å². The van der Waals surface area contributed by atoms with Gasteiger partial charge in [-0.05, 0) is 43.3 Å². The van der Waals surface area contributed by atoms with Crippen LogP contribution in [0.4, 0.5) is 5.69 Å². The predicted molar refractivity (Wildman–Crippen MR) is 111 cm³/mol. The minimum absolute atomic E-state index is 0.0209. The molecule has 2 aromatic carbocycles. The molecule has 1 saturated heterocycles. The van der Waals surface area contributed by atoms with Crippen molar-refractivity contribution in [1.82, 2.24) is 0 Å². The fourth-order valence-corrected chi connectivity index (χ4v) is 4.88. The molecule has 3 rings (SSSR count). The Morgan fingerprint density at radius 3 is 2.31 bits per heavy atom. The maximum Gasteiger partial charge on any atom is 0.264 e. The van der Waals surface area contributed by atoms with E-state index in [-0.39, 0.29) is 11.4 Å². The highest BCUT2D eigenvalue weighted by atomic mass is 32.2. The molecule has 1 heterocycles. The van der Waals surface area contributed by atoms with E-state index in [9.17, 15) is 13.5 Å². The summed E-state index contributed by atoms with van der Waals surface area (Å²) in [4.78, 5) is 1.41. The van der Waals surface area contributed by atoms with Crippen molar-refractivity contribution in [2.24, 2.45) is 0 Å². The Labute approximate surface area is 172 Å². The van der Waals surface area contributed by atoms with Crippen LogP contribution in [0.1, 0.15) is 5.56 Å². The number of rotatable bonds is 8. The highest BCUT2D eigenvalue weighted by Gasteiger charge is 2.29. The molecule has 7 nitrogen and oxygen atoms in total. The first-order valence-corrected chi connectivity index (χ1v) is 11.2. The van der Waals surface area contributed by atoms with Crippen LogP contribution in [0.5, 0.6) is 5.75 Å². The van der Waals surface area contributed by atoms with Gasteiger partial charge in [0.25, 0.3) is 10.0 Å². The number of nitrogens with one attached hydrogen (secondary N) is 1. The predicted octanol–water partition coefficient (Wildman–Crippen LogP) is 0.475. The molecule has 1 aliphatic heterocycles. The monoisotopic (exact) mass is 421 g/mol. The minimum Gasteiger partial charge on any atom is -0.497 e. The normalized spacial score (nSPS) is 16.4. The number of hydrogen-bond acceptors (Lipinski definition) is 5. The van der Waals surface area contributed by atoms with Gasteiger partial charge in [0.1, 0.15) is 31.5 Å². The second-order valence-corrected chi connectivity index (χ2v) is 9.13. The summed E-state index contributed by atoms with van der Waals surface area (Å²) in [6.45, 7) is 5.30. The first kappa shape index (κ1) is 21.6. The standard InChI is InChI=1S/C21H28N2O5S/c1-17-3-9-21(10-4-17)29(25,26)23(18-5-7-20(27-2)8-6-18)16-19(24)15-22-11-13-28-14-12-22/h3-10,19,24H,11-16H2,1-2H3/p+1/t19-/m0/s1. The molecule has 1 atom stereocenters. The van der Waals surface area contributed by atoms with Crippen LogP contribution < -0.4 is 13.9 Å². The lowest BCUT2D eigenvalue weighted by Gasteiger charge is -2.30. The van der Waals surface area contributed by atoms with Gasteiger partial charge in [0.05, 0.1) is 37.5 Å². The van der Waals surface area contributed by atoms with Crippen LogP contribution in [0.15, 0.2) is 53.4 Å². The van der Waals surface area contributed by atoms with E-state index in [0.29, 0.717) is 31.2 Å². The fourth-order valence-electron chi connectivity index (χ4n) is 3.38. The van der Waals surface area contributed by atoms with Gasteiger partial charge in [-0.2, -0.15) is 0 Å². The van der Waals surface area contributed by atoms with Crippen molar-refractivity contribution < 1.29 is 27.9 Å². The van der Waals surface area contributed by atoms with E-state index in [0.717, 1.165) is 18.7 Å². The Kier molecular flexibility index (Phi) is 7.13. The molecule has 0 aliphatic carbocycles. The SMILES string of the molecule is COc1ccc(N(C[C@@H](O)C[NH+]2CCOCC2)S(=O)(=O)c2ccc(C)cc2)cc1. The van der Waals surface area contributed by atoms with Crippen LogP contribution in [0, 0.1) is 6.92 Å². The summed E-state index contributed by atoms with van der Waals surface area (Å²) in [7, 11) is -2.27. The van der Waals surface area contributed by atoms with Gasteiger partial charge in [-0.15, -0.1) is 0 Å².